The Hall–Kier alpha value is -1.66. The minimum absolute atomic E-state index is 0.519. The molecule has 9 heteroatoms. The maximum absolute atomic E-state index is 13.0. The molecule has 1 heterocycles. The average Bonchev–Trinajstić information content (AvgIpc) is 2.15. The van der Waals surface area contributed by atoms with Gasteiger partial charge in [-0.05, 0) is 0 Å². The minimum Gasteiger partial charge on any atom is -0.226 e. The summed E-state index contributed by atoms with van der Waals surface area (Å²) < 4.78 is 59.9. The van der Waals surface area contributed by atoms with Gasteiger partial charge in [-0.25, -0.2) is 27.3 Å². The number of rotatable bonds is 2. The van der Waals surface area contributed by atoms with Crippen LogP contribution in [-0.2, 0) is 10.0 Å². The molecule has 0 spiro atoms. The summed E-state index contributed by atoms with van der Waals surface area (Å²) in [5, 5.41) is 13.0. The summed E-state index contributed by atoms with van der Waals surface area (Å²) in [7, 11) is -4.71. The number of halogens is 3. The quantitative estimate of drug-likeness (QED) is 0.781. The molecule has 0 saturated carbocycles. The van der Waals surface area contributed by atoms with Gasteiger partial charge in [0.2, 0.25) is 16.0 Å². The molecule has 0 amide bonds. The number of nitrogens with two attached hydrogens (primary N) is 1. The summed E-state index contributed by atoms with van der Waals surface area (Å²) in [6.07, 6.45) is -2.83. The van der Waals surface area contributed by atoms with Gasteiger partial charge in [-0.1, -0.05) is 0 Å². The van der Waals surface area contributed by atoms with E-state index in [0.717, 1.165) is 0 Å². The van der Waals surface area contributed by atoms with E-state index in [1.54, 1.807) is 0 Å². The van der Waals surface area contributed by atoms with E-state index in [0.29, 0.717) is 6.20 Å². The van der Waals surface area contributed by atoms with Gasteiger partial charge in [0.15, 0.2) is 0 Å². The number of pyridine rings is 1. The fraction of sp³-hybridized carbons (Fsp3) is 0.143. The number of aromatic nitrogens is 1. The molecule has 1 rings (SSSR count). The lowest BCUT2D eigenvalue weighted by Crippen LogP contribution is -2.18. The van der Waals surface area contributed by atoms with Crippen LogP contribution in [0.1, 0.15) is 17.6 Å². The van der Waals surface area contributed by atoms with Crippen molar-refractivity contribution in [3.05, 3.63) is 23.3 Å². The summed E-state index contributed by atoms with van der Waals surface area (Å²) in [6, 6.07) is 1.29. The molecule has 16 heavy (non-hydrogen) atoms. The van der Waals surface area contributed by atoms with Gasteiger partial charge in [0.25, 0.3) is 6.43 Å². The van der Waals surface area contributed by atoms with Crippen LogP contribution in [0.25, 0.3) is 0 Å². The zero-order valence-corrected chi connectivity index (χ0v) is 8.30. The van der Waals surface area contributed by atoms with Crippen molar-refractivity contribution in [1.82, 2.24) is 4.98 Å². The van der Waals surface area contributed by atoms with Crippen molar-refractivity contribution in [2.45, 2.75) is 11.3 Å². The minimum atomic E-state index is -4.71. The average molecular weight is 251 g/mol. The van der Waals surface area contributed by atoms with Gasteiger partial charge < -0.3 is 0 Å². The first-order valence-electron chi connectivity index (χ1n) is 3.68. The molecule has 86 valence electrons. The monoisotopic (exact) mass is 251 g/mol. The van der Waals surface area contributed by atoms with E-state index in [4.69, 9.17) is 5.26 Å². The predicted octanol–water partition coefficient (Wildman–Crippen LogP) is 0.677. The number of sulfonamides is 1. The highest BCUT2D eigenvalue weighted by atomic mass is 32.2. The van der Waals surface area contributed by atoms with Gasteiger partial charge in [-0.15, -0.1) is 0 Å². The van der Waals surface area contributed by atoms with E-state index in [1.807, 2.05) is 0 Å². The van der Waals surface area contributed by atoms with Crippen molar-refractivity contribution in [3.63, 3.8) is 0 Å². The highest BCUT2D eigenvalue weighted by molar-refractivity contribution is 7.89. The van der Waals surface area contributed by atoms with E-state index < -0.39 is 38.4 Å². The Morgan fingerprint density at radius 2 is 2.06 bits per heavy atom. The number of primary sulfonamides is 1. The molecule has 5 nitrogen and oxygen atoms in total. The molecular formula is C7H4F3N3O2S. The molecule has 0 bridgehead atoms. The lowest BCUT2D eigenvalue weighted by Gasteiger charge is -2.08. The second-order valence-corrected chi connectivity index (χ2v) is 4.16. The van der Waals surface area contributed by atoms with Crippen LogP contribution >= 0.6 is 0 Å². The number of nitrogens with zero attached hydrogens (tertiary/aromatic N) is 2. The summed E-state index contributed by atoms with van der Waals surface area (Å²) in [4.78, 5) is 1.43. The largest absolute Gasteiger partial charge is 0.266 e. The maximum Gasteiger partial charge on any atom is 0.266 e. The molecule has 0 atom stereocenters. The third kappa shape index (κ3) is 2.12. The van der Waals surface area contributed by atoms with Crippen LogP contribution in [0.2, 0.25) is 0 Å². The van der Waals surface area contributed by atoms with Gasteiger partial charge in [0.05, 0.1) is 11.1 Å². The Morgan fingerprint density at radius 1 is 1.50 bits per heavy atom. The maximum atomic E-state index is 13.0. The van der Waals surface area contributed by atoms with Crippen molar-refractivity contribution in [3.8, 4) is 6.07 Å². The topological polar surface area (TPSA) is 96.8 Å². The molecule has 0 aromatic carbocycles. The van der Waals surface area contributed by atoms with Crippen LogP contribution in [0.5, 0.6) is 0 Å². The third-order valence-corrected chi connectivity index (χ3v) is 2.61. The Morgan fingerprint density at radius 3 is 2.44 bits per heavy atom. The predicted molar refractivity (Wildman–Crippen MR) is 45.2 cm³/mol. The van der Waals surface area contributed by atoms with Gasteiger partial charge in [0, 0.05) is 6.20 Å². The molecule has 0 aliphatic rings. The lowest BCUT2D eigenvalue weighted by atomic mass is 10.1. The van der Waals surface area contributed by atoms with Crippen molar-refractivity contribution in [2.24, 2.45) is 5.14 Å². The lowest BCUT2D eigenvalue weighted by molar-refractivity contribution is 0.146. The molecule has 0 saturated heterocycles. The molecule has 1 aromatic rings. The third-order valence-electron chi connectivity index (χ3n) is 1.65. The smallest absolute Gasteiger partial charge is 0.226 e. The van der Waals surface area contributed by atoms with E-state index >= 15 is 0 Å². The van der Waals surface area contributed by atoms with Crippen molar-refractivity contribution in [1.29, 1.82) is 5.26 Å². The summed E-state index contributed by atoms with van der Waals surface area (Å²) in [5.41, 5.74) is -2.00. The molecule has 0 aliphatic heterocycles. The molecular weight excluding hydrogens is 247 g/mol. The second-order valence-electron chi connectivity index (χ2n) is 2.66. The fourth-order valence-electron chi connectivity index (χ4n) is 1.06. The number of nitriles is 1. The highest BCUT2D eigenvalue weighted by Crippen LogP contribution is 2.29. The summed E-state index contributed by atoms with van der Waals surface area (Å²) in [5.74, 6) is -1.66. The second kappa shape index (κ2) is 4.07. The first kappa shape index (κ1) is 12.4. The Bertz CT molecular complexity index is 565. The van der Waals surface area contributed by atoms with E-state index in [9.17, 15) is 21.6 Å². The zero-order chi connectivity index (χ0) is 12.5. The van der Waals surface area contributed by atoms with E-state index in [2.05, 4.69) is 10.1 Å². The van der Waals surface area contributed by atoms with Gasteiger partial charge in [-0.2, -0.15) is 9.65 Å². The van der Waals surface area contributed by atoms with E-state index in [1.165, 1.54) is 6.07 Å². The van der Waals surface area contributed by atoms with Crippen molar-refractivity contribution < 1.29 is 21.6 Å². The van der Waals surface area contributed by atoms with E-state index in [-0.39, 0.29) is 0 Å². The normalized spacial score (nSPS) is 11.5. The highest BCUT2D eigenvalue weighted by Gasteiger charge is 2.29. The van der Waals surface area contributed by atoms with Gasteiger partial charge >= 0.3 is 0 Å². The van der Waals surface area contributed by atoms with Crippen LogP contribution in [0.15, 0.2) is 11.1 Å². The molecule has 0 unspecified atom stereocenters. The van der Waals surface area contributed by atoms with Crippen LogP contribution in [0, 0.1) is 17.3 Å². The van der Waals surface area contributed by atoms with Crippen LogP contribution in [0.3, 0.4) is 0 Å². The van der Waals surface area contributed by atoms with Crippen molar-refractivity contribution in [2.75, 3.05) is 0 Å². The Labute approximate surface area is 88.4 Å². The van der Waals surface area contributed by atoms with Crippen molar-refractivity contribution >= 4 is 10.0 Å². The van der Waals surface area contributed by atoms with Crippen LogP contribution in [0.4, 0.5) is 13.2 Å². The number of hydrogen-bond acceptors (Lipinski definition) is 4. The molecule has 0 fully saturated rings. The molecule has 2 N–H and O–H groups in total. The standard InChI is InChI=1S/C7H4F3N3O2S/c8-6(9)4-3(1-11)2-13-7(10)5(4)16(12,14)15/h2,6H,(H2,12,14,15). The Balaban J connectivity index is 3.78. The Kier molecular flexibility index (Phi) is 3.16. The first-order chi connectivity index (χ1) is 7.29. The van der Waals surface area contributed by atoms with Crippen LogP contribution < -0.4 is 5.14 Å². The van der Waals surface area contributed by atoms with Crippen LogP contribution in [-0.4, -0.2) is 13.4 Å². The molecule has 0 radical (unpaired) electrons. The SMILES string of the molecule is N#Cc1cnc(F)c(S(N)(=O)=O)c1C(F)F. The zero-order valence-electron chi connectivity index (χ0n) is 7.49. The van der Waals surface area contributed by atoms with Gasteiger partial charge in [-0.3, -0.25) is 0 Å². The summed E-state index contributed by atoms with van der Waals surface area (Å²) >= 11 is 0. The first-order valence-corrected chi connectivity index (χ1v) is 5.23. The molecule has 0 aliphatic carbocycles. The van der Waals surface area contributed by atoms with Gasteiger partial charge in [0.1, 0.15) is 11.0 Å². The molecule has 1 aromatic heterocycles. The fourth-order valence-corrected chi connectivity index (χ4v) is 1.85. The number of hydrogen-bond donors (Lipinski definition) is 1. The number of alkyl halides is 2. The summed E-state index contributed by atoms with van der Waals surface area (Å²) in [6.45, 7) is 0.